The quantitative estimate of drug-likeness (QED) is 0.0659. The third-order valence-electron chi connectivity index (χ3n) is 7.52. The third-order valence-corrected chi connectivity index (χ3v) is 7.52. The van der Waals surface area contributed by atoms with E-state index >= 15 is 0 Å². The number of aliphatic carboxylic acids is 1. The fourth-order valence-corrected chi connectivity index (χ4v) is 5.06. The maximum absolute atomic E-state index is 12.9. The highest BCUT2D eigenvalue weighted by atomic mass is 16.6. The van der Waals surface area contributed by atoms with Gasteiger partial charge in [0.05, 0.1) is 0 Å². The number of rotatable bonds is 11. The smallest absolute Gasteiger partial charge is 0.348 e. The van der Waals surface area contributed by atoms with Gasteiger partial charge in [-0.3, -0.25) is 0 Å². The van der Waals surface area contributed by atoms with Gasteiger partial charge in [-0.25, -0.2) is 19.2 Å². The number of hydrogen-bond donors (Lipinski definition) is 7. The molecule has 2 atom stereocenters. The molecule has 15 heteroatoms. The van der Waals surface area contributed by atoms with Crippen LogP contribution in [-0.2, 0) is 38.1 Å². The predicted octanol–water partition coefficient (Wildman–Crippen LogP) is 3.36. The molecule has 4 rings (SSSR count). The number of phenolic OH excluding ortho intramolecular Hbond substituents is 6. The number of phenols is 6. The molecule has 0 bridgehead atoms. The molecule has 2 unspecified atom stereocenters. The molecule has 3 aromatic rings. The molecule has 15 nitrogen and oxygen atoms in total. The van der Waals surface area contributed by atoms with E-state index < -0.39 is 83.6 Å². The van der Waals surface area contributed by atoms with E-state index in [9.17, 15) is 54.9 Å². The van der Waals surface area contributed by atoms with Crippen LogP contribution >= 0.6 is 0 Å². The fourth-order valence-electron chi connectivity index (χ4n) is 5.06. The molecule has 0 aromatic heterocycles. The van der Waals surface area contributed by atoms with E-state index in [4.69, 9.17) is 18.9 Å². The lowest BCUT2D eigenvalue weighted by atomic mass is 9.79. The Labute approximate surface area is 283 Å². The molecule has 3 aromatic carbocycles. The first-order valence-electron chi connectivity index (χ1n) is 14.7. The van der Waals surface area contributed by atoms with Crippen LogP contribution in [0.1, 0.15) is 29.5 Å². The van der Waals surface area contributed by atoms with Crippen molar-refractivity contribution in [1.29, 1.82) is 0 Å². The average molecular weight is 693 g/mol. The molecule has 1 saturated carbocycles. The molecule has 0 aliphatic heterocycles. The van der Waals surface area contributed by atoms with E-state index in [2.05, 4.69) is 0 Å². The summed E-state index contributed by atoms with van der Waals surface area (Å²) >= 11 is 0. The lowest BCUT2D eigenvalue weighted by Crippen LogP contribution is -2.60. The molecule has 7 N–H and O–H groups in total. The number of hydrogen-bond acceptors (Lipinski definition) is 14. The number of benzene rings is 3. The van der Waals surface area contributed by atoms with Crippen LogP contribution in [-0.4, -0.2) is 90.6 Å². The number of carboxylic acid groups (broad SMARTS) is 1. The summed E-state index contributed by atoms with van der Waals surface area (Å²) in [4.78, 5) is 51.5. The van der Waals surface area contributed by atoms with Gasteiger partial charge >= 0.3 is 23.9 Å². The van der Waals surface area contributed by atoms with Crippen LogP contribution in [0.5, 0.6) is 34.5 Å². The number of carboxylic acids is 1. The van der Waals surface area contributed by atoms with Crippen molar-refractivity contribution in [3.63, 3.8) is 0 Å². The van der Waals surface area contributed by atoms with Gasteiger partial charge in [0.1, 0.15) is 18.3 Å². The Bertz CT molecular complexity index is 1770. The standard InChI is InChI=1S/C35H32O15/c1-47-33-28(48-30(42)11-5-19-2-8-22(36)25(39)14-19)17-35(34(45)46,50-32(44)13-7-21-4-10-24(38)27(41)16-21)18-29(33)49-31(43)12-6-20-3-9-23(37)26(40)15-20/h2-16,28-29,33,36-41H,17-18H2,1H3,(H,45,46)/b11-5+,12-6+,13-7+. The summed E-state index contributed by atoms with van der Waals surface area (Å²) in [5.74, 6) is -7.39. The van der Waals surface area contributed by atoms with Gasteiger partial charge in [-0.1, -0.05) is 18.2 Å². The number of methoxy groups -OCH3 is 1. The maximum atomic E-state index is 12.9. The fraction of sp³-hybridized carbons (Fsp3) is 0.200. The van der Waals surface area contributed by atoms with Gasteiger partial charge in [0, 0.05) is 38.2 Å². The van der Waals surface area contributed by atoms with Crippen LogP contribution in [0, 0.1) is 0 Å². The minimum atomic E-state index is -2.43. The average Bonchev–Trinajstić information content (AvgIpc) is 3.06. The molecule has 1 aliphatic rings. The zero-order valence-corrected chi connectivity index (χ0v) is 26.2. The van der Waals surface area contributed by atoms with Crippen LogP contribution in [0.2, 0.25) is 0 Å². The summed E-state index contributed by atoms with van der Waals surface area (Å²) < 4.78 is 22.0. The Morgan fingerprint density at radius 3 is 1.28 bits per heavy atom. The molecule has 0 amide bonds. The second-order valence-corrected chi connectivity index (χ2v) is 11.0. The van der Waals surface area contributed by atoms with Gasteiger partial charge in [0.25, 0.3) is 0 Å². The van der Waals surface area contributed by atoms with Gasteiger partial charge in [0.15, 0.2) is 34.5 Å². The summed E-state index contributed by atoms with van der Waals surface area (Å²) in [6.45, 7) is 0. The Kier molecular flexibility index (Phi) is 11.4. The lowest BCUT2D eigenvalue weighted by molar-refractivity contribution is -0.215. The minimum Gasteiger partial charge on any atom is -0.504 e. The van der Waals surface area contributed by atoms with Crippen molar-refractivity contribution >= 4 is 42.1 Å². The molecule has 1 fully saturated rings. The largest absolute Gasteiger partial charge is 0.504 e. The van der Waals surface area contributed by atoms with E-state index in [0.717, 1.165) is 24.3 Å². The highest BCUT2D eigenvalue weighted by molar-refractivity contribution is 5.91. The molecular weight excluding hydrogens is 660 g/mol. The Hall–Kier alpha value is -6.48. The van der Waals surface area contributed by atoms with E-state index in [1.807, 2.05) is 0 Å². The normalized spacial score (nSPS) is 20.5. The summed E-state index contributed by atoms with van der Waals surface area (Å²) in [5, 5.41) is 68.1. The number of carbonyl (C=O) groups is 4. The second kappa shape index (κ2) is 15.6. The summed E-state index contributed by atoms with van der Waals surface area (Å²) in [6.07, 6.45) is 0.945. The first kappa shape index (κ1) is 36.4. The Morgan fingerprint density at radius 1 is 0.600 bits per heavy atom. The molecule has 1 aliphatic carbocycles. The van der Waals surface area contributed by atoms with Crippen LogP contribution in [0.4, 0.5) is 0 Å². The molecule has 0 saturated heterocycles. The van der Waals surface area contributed by atoms with Crippen LogP contribution in [0.3, 0.4) is 0 Å². The number of carbonyl (C=O) groups excluding carboxylic acids is 3. The molecular formula is C35H32O15. The number of ether oxygens (including phenoxy) is 4. The molecule has 50 heavy (non-hydrogen) atoms. The zero-order valence-electron chi connectivity index (χ0n) is 26.2. The predicted molar refractivity (Wildman–Crippen MR) is 173 cm³/mol. The van der Waals surface area contributed by atoms with Crippen molar-refractivity contribution in [2.45, 2.75) is 36.8 Å². The van der Waals surface area contributed by atoms with Gasteiger partial charge < -0.3 is 54.7 Å². The van der Waals surface area contributed by atoms with E-state index in [-0.39, 0.29) is 17.1 Å². The SMILES string of the molecule is COC1C(OC(=O)/C=C/c2ccc(O)c(O)c2)CC(OC(=O)/C=C/c2ccc(O)c(O)c2)(C(=O)O)CC1OC(=O)/C=C/c1ccc(O)c(O)c1. The van der Waals surface area contributed by atoms with Crippen LogP contribution in [0.15, 0.2) is 72.8 Å². The molecule has 0 heterocycles. The summed E-state index contributed by atoms with van der Waals surface area (Å²) in [6, 6.07) is 11.2. The maximum Gasteiger partial charge on any atom is 0.348 e. The van der Waals surface area contributed by atoms with Crippen molar-refractivity contribution in [3.05, 3.63) is 89.5 Å². The Morgan fingerprint density at radius 2 is 0.960 bits per heavy atom. The van der Waals surface area contributed by atoms with E-state index in [1.54, 1.807) is 0 Å². The third kappa shape index (κ3) is 9.11. The van der Waals surface area contributed by atoms with Gasteiger partial charge in [-0.05, 0) is 71.3 Å². The van der Waals surface area contributed by atoms with Crippen molar-refractivity contribution < 1.29 is 73.9 Å². The van der Waals surface area contributed by atoms with Crippen molar-refractivity contribution in [3.8, 4) is 34.5 Å². The summed E-state index contributed by atoms with van der Waals surface area (Å²) in [7, 11) is 1.20. The lowest BCUT2D eigenvalue weighted by Gasteiger charge is -2.43. The van der Waals surface area contributed by atoms with Gasteiger partial charge in [0.2, 0.25) is 5.60 Å². The van der Waals surface area contributed by atoms with Gasteiger partial charge in [-0.2, -0.15) is 0 Å². The van der Waals surface area contributed by atoms with Crippen LogP contribution < -0.4 is 0 Å². The Balaban J connectivity index is 1.61. The van der Waals surface area contributed by atoms with Crippen molar-refractivity contribution in [1.82, 2.24) is 0 Å². The molecule has 0 spiro atoms. The minimum absolute atomic E-state index is 0.255. The number of aromatic hydroxyl groups is 6. The monoisotopic (exact) mass is 692 g/mol. The van der Waals surface area contributed by atoms with Crippen molar-refractivity contribution in [2.75, 3.05) is 7.11 Å². The highest BCUT2D eigenvalue weighted by Crippen LogP contribution is 2.38. The van der Waals surface area contributed by atoms with Crippen LogP contribution in [0.25, 0.3) is 18.2 Å². The van der Waals surface area contributed by atoms with Crippen molar-refractivity contribution in [2.24, 2.45) is 0 Å². The first-order chi connectivity index (χ1) is 23.7. The topological polar surface area (TPSA) is 247 Å². The number of esters is 3. The molecule has 262 valence electrons. The van der Waals surface area contributed by atoms with E-state index in [1.165, 1.54) is 73.9 Å². The second-order valence-electron chi connectivity index (χ2n) is 11.0. The first-order valence-corrected chi connectivity index (χ1v) is 14.7. The summed E-state index contributed by atoms with van der Waals surface area (Å²) in [5.41, 5.74) is -1.58. The molecule has 0 radical (unpaired) electrons. The zero-order chi connectivity index (χ0) is 36.6. The highest BCUT2D eigenvalue weighted by Gasteiger charge is 2.56. The van der Waals surface area contributed by atoms with Gasteiger partial charge in [-0.15, -0.1) is 0 Å². The van der Waals surface area contributed by atoms with E-state index in [0.29, 0.717) is 11.1 Å².